The number of aromatic nitrogens is 6. The molecule has 0 aliphatic carbocycles. The molecule has 204 valence electrons. The molecule has 0 radical (unpaired) electrons. The molecule has 6 rings (SSSR count). The van der Waals surface area contributed by atoms with E-state index in [4.69, 9.17) is 9.72 Å². The molecule has 4 aromatic heterocycles. The Balaban J connectivity index is 1.40. The lowest BCUT2D eigenvalue weighted by molar-refractivity contribution is -0.121. The van der Waals surface area contributed by atoms with Gasteiger partial charge in [-0.15, -0.1) is 6.58 Å². The van der Waals surface area contributed by atoms with Crippen molar-refractivity contribution in [1.29, 1.82) is 0 Å². The van der Waals surface area contributed by atoms with Crippen molar-refractivity contribution in [3.8, 4) is 11.6 Å². The van der Waals surface area contributed by atoms with Gasteiger partial charge in [0.1, 0.15) is 5.39 Å². The summed E-state index contributed by atoms with van der Waals surface area (Å²) >= 11 is 0. The van der Waals surface area contributed by atoms with Crippen molar-refractivity contribution in [2.24, 2.45) is 0 Å². The molecule has 0 atom stereocenters. The van der Waals surface area contributed by atoms with E-state index in [0.29, 0.717) is 34.4 Å². The van der Waals surface area contributed by atoms with E-state index in [-0.39, 0.29) is 24.6 Å². The maximum atomic E-state index is 13.3. The zero-order chi connectivity index (χ0) is 28.0. The van der Waals surface area contributed by atoms with Gasteiger partial charge in [-0.2, -0.15) is 4.98 Å². The number of rotatable bonds is 8. The highest BCUT2D eigenvalue weighted by atomic mass is 16.5. The number of benzene rings is 1. The second-order valence-electron chi connectivity index (χ2n) is 9.86. The Labute approximate surface area is 229 Å². The Kier molecular flexibility index (Phi) is 6.31. The summed E-state index contributed by atoms with van der Waals surface area (Å²) in [5.74, 6) is 1.38. The number of carbonyl (C=O) groups is 1. The number of amides is 1. The van der Waals surface area contributed by atoms with Gasteiger partial charge in [-0.05, 0) is 50.5 Å². The Morgan fingerprint density at radius 1 is 1.15 bits per heavy atom. The lowest BCUT2D eigenvalue weighted by Crippen LogP contribution is -2.36. The number of nitrogens with zero attached hydrogens (tertiary/aromatic N) is 8. The Bertz CT molecular complexity index is 1830. The van der Waals surface area contributed by atoms with Crippen molar-refractivity contribution < 1.29 is 9.53 Å². The van der Waals surface area contributed by atoms with Crippen LogP contribution in [0.4, 0.5) is 17.5 Å². The number of hydrogen-bond acceptors (Lipinski definition) is 8. The first kappa shape index (κ1) is 25.3. The largest absolute Gasteiger partial charge is 0.480 e. The normalized spacial score (nSPS) is 13.2. The summed E-state index contributed by atoms with van der Waals surface area (Å²) in [5.41, 5.74) is 2.06. The van der Waals surface area contributed by atoms with Crippen LogP contribution in [0.1, 0.15) is 0 Å². The van der Waals surface area contributed by atoms with E-state index in [9.17, 15) is 9.59 Å². The van der Waals surface area contributed by atoms with Crippen LogP contribution >= 0.6 is 0 Å². The van der Waals surface area contributed by atoms with Gasteiger partial charge in [0.25, 0.3) is 11.5 Å². The molecule has 1 aliphatic rings. The highest BCUT2D eigenvalue weighted by Gasteiger charge is 2.26. The van der Waals surface area contributed by atoms with Gasteiger partial charge in [0, 0.05) is 49.1 Å². The monoisotopic (exact) mass is 539 g/mol. The first-order chi connectivity index (χ1) is 19.3. The molecule has 1 amide bonds. The minimum Gasteiger partial charge on any atom is -0.480 e. The van der Waals surface area contributed by atoms with Crippen LogP contribution in [-0.4, -0.2) is 74.0 Å². The summed E-state index contributed by atoms with van der Waals surface area (Å²) in [7, 11) is 5.76. The van der Waals surface area contributed by atoms with Crippen LogP contribution in [0.15, 0.2) is 66.2 Å². The Morgan fingerprint density at radius 3 is 2.80 bits per heavy atom. The number of fused-ring (bicyclic) bond motifs is 3. The molecule has 1 aromatic carbocycles. The fourth-order valence-electron chi connectivity index (χ4n) is 4.77. The number of hydrogen-bond donors (Lipinski definition) is 1. The van der Waals surface area contributed by atoms with Crippen LogP contribution in [0.25, 0.3) is 27.8 Å². The lowest BCUT2D eigenvalue weighted by atomic mass is 10.2. The van der Waals surface area contributed by atoms with Gasteiger partial charge < -0.3 is 19.5 Å². The molecular formula is C28H29N9O3. The first-order valence-corrected chi connectivity index (χ1v) is 12.8. The molecule has 0 unspecified atom stereocenters. The molecule has 0 spiro atoms. The predicted molar refractivity (Wildman–Crippen MR) is 154 cm³/mol. The molecule has 0 bridgehead atoms. The van der Waals surface area contributed by atoms with Gasteiger partial charge in [-0.25, -0.2) is 19.3 Å². The maximum Gasteiger partial charge on any atom is 0.278 e. The number of carbonyl (C=O) groups excluding carboxylic acids is 1. The van der Waals surface area contributed by atoms with Gasteiger partial charge in [0.2, 0.25) is 5.95 Å². The molecule has 1 aliphatic heterocycles. The minimum absolute atomic E-state index is 0.0486. The van der Waals surface area contributed by atoms with Crippen molar-refractivity contribution in [3.05, 3.63) is 71.8 Å². The molecule has 40 heavy (non-hydrogen) atoms. The molecule has 5 aromatic rings. The van der Waals surface area contributed by atoms with Crippen molar-refractivity contribution in [2.75, 3.05) is 44.5 Å². The summed E-state index contributed by atoms with van der Waals surface area (Å²) in [5, 5.41) is 4.70. The van der Waals surface area contributed by atoms with E-state index in [1.54, 1.807) is 29.9 Å². The van der Waals surface area contributed by atoms with E-state index >= 15 is 0 Å². The van der Waals surface area contributed by atoms with Crippen molar-refractivity contribution in [3.63, 3.8) is 0 Å². The third-order valence-corrected chi connectivity index (χ3v) is 6.88. The average Bonchev–Trinajstić information content (AvgIpc) is 3.47. The van der Waals surface area contributed by atoms with E-state index in [0.717, 1.165) is 29.7 Å². The van der Waals surface area contributed by atoms with Crippen LogP contribution in [-0.2, 0) is 17.9 Å². The number of nitrogens with one attached hydrogen (secondary N) is 1. The van der Waals surface area contributed by atoms with Gasteiger partial charge in [-0.1, -0.05) is 6.08 Å². The van der Waals surface area contributed by atoms with Gasteiger partial charge >= 0.3 is 0 Å². The minimum atomic E-state index is -0.276. The standard InChI is InChI=1S/C28H29N9O3/c1-5-11-36-27(39)20-16-29-28(30-19-6-7-21-18(15-19)10-12-35(21)14-13-33(2)3)32-25(20)37(36)23-9-8-22-26(31-23)34(4)24(38)17-40-22/h5-10,12,15-16H,1,11,13-14,17H2,2-4H3,(H,29,30,32). The number of ether oxygens (including phenoxy) is 1. The molecule has 0 saturated carbocycles. The number of anilines is 3. The molecular weight excluding hydrogens is 510 g/mol. The summed E-state index contributed by atoms with van der Waals surface area (Å²) in [6.07, 6.45) is 5.22. The van der Waals surface area contributed by atoms with Crippen LogP contribution in [0.5, 0.6) is 5.75 Å². The second kappa shape index (κ2) is 9.97. The smallest absolute Gasteiger partial charge is 0.278 e. The molecule has 1 N–H and O–H groups in total. The van der Waals surface area contributed by atoms with Crippen LogP contribution in [0.3, 0.4) is 0 Å². The zero-order valence-corrected chi connectivity index (χ0v) is 22.5. The fraction of sp³-hybridized carbons (Fsp3) is 0.250. The second-order valence-corrected chi connectivity index (χ2v) is 9.86. The quantitative estimate of drug-likeness (QED) is 0.300. The SMILES string of the molecule is C=CCn1c(=O)c2cnc(Nc3ccc4c(ccn4CCN(C)C)c3)nc2n1-c1ccc2c(n1)N(C)C(=O)CO2. The molecule has 12 nitrogen and oxygen atoms in total. The van der Waals surface area contributed by atoms with E-state index in [1.165, 1.54) is 15.8 Å². The lowest BCUT2D eigenvalue weighted by Gasteiger charge is -2.25. The number of allylic oxidation sites excluding steroid dienone is 1. The number of pyridine rings is 1. The average molecular weight is 540 g/mol. The summed E-state index contributed by atoms with van der Waals surface area (Å²) in [6.45, 7) is 5.82. The molecule has 12 heteroatoms. The van der Waals surface area contributed by atoms with Gasteiger partial charge in [0.15, 0.2) is 29.6 Å². The third kappa shape index (κ3) is 4.37. The predicted octanol–water partition coefficient (Wildman–Crippen LogP) is 2.78. The van der Waals surface area contributed by atoms with Crippen LogP contribution in [0.2, 0.25) is 0 Å². The molecule has 0 saturated heterocycles. The van der Waals surface area contributed by atoms with E-state index in [2.05, 4.69) is 63.8 Å². The maximum absolute atomic E-state index is 13.3. The number of likely N-dealkylation sites (N-methyl/N-ethyl adjacent to an activating group) is 2. The summed E-state index contributed by atoms with van der Waals surface area (Å²) in [6, 6.07) is 11.6. The van der Waals surface area contributed by atoms with Gasteiger partial charge in [0.05, 0.1) is 6.54 Å². The van der Waals surface area contributed by atoms with E-state index < -0.39 is 0 Å². The van der Waals surface area contributed by atoms with Crippen LogP contribution in [0, 0.1) is 0 Å². The molecule has 0 fully saturated rings. The van der Waals surface area contributed by atoms with Crippen molar-refractivity contribution in [1.82, 2.24) is 33.8 Å². The van der Waals surface area contributed by atoms with E-state index in [1.807, 2.05) is 12.1 Å². The fourth-order valence-corrected chi connectivity index (χ4v) is 4.77. The highest BCUT2D eigenvalue weighted by Crippen LogP contribution is 2.31. The first-order valence-electron chi connectivity index (χ1n) is 12.8. The zero-order valence-electron chi connectivity index (χ0n) is 22.5. The molecule has 5 heterocycles. The third-order valence-electron chi connectivity index (χ3n) is 6.88. The van der Waals surface area contributed by atoms with Crippen molar-refractivity contribution >= 4 is 45.3 Å². The summed E-state index contributed by atoms with van der Waals surface area (Å²) < 4.78 is 10.9. The van der Waals surface area contributed by atoms with Crippen LogP contribution < -0.4 is 20.5 Å². The topological polar surface area (TPSA) is 115 Å². The van der Waals surface area contributed by atoms with Gasteiger partial charge in [-0.3, -0.25) is 14.5 Å². The summed E-state index contributed by atoms with van der Waals surface area (Å²) in [4.78, 5) is 42.9. The van der Waals surface area contributed by atoms with Crippen molar-refractivity contribution in [2.45, 2.75) is 13.1 Å². The highest BCUT2D eigenvalue weighted by molar-refractivity contribution is 5.96. The Hall–Kier alpha value is -4.97. The Morgan fingerprint density at radius 2 is 2.00 bits per heavy atom.